The van der Waals surface area contributed by atoms with Gasteiger partial charge in [0.05, 0.1) is 13.2 Å². The highest BCUT2D eigenvalue weighted by Gasteiger charge is 2.05. The van der Waals surface area contributed by atoms with E-state index in [2.05, 4.69) is 72.0 Å². The summed E-state index contributed by atoms with van der Waals surface area (Å²) < 4.78 is 16.1. The lowest BCUT2D eigenvalue weighted by atomic mass is 10.1. The molecule has 2 aromatic heterocycles. The van der Waals surface area contributed by atoms with E-state index in [9.17, 15) is 0 Å². The average molecular weight is 649 g/mol. The van der Waals surface area contributed by atoms with Crippen molar-refractivity contribution in [1.29, 1.82) is 0 Å². The molecule has 2 rings (SSSR count). The molecule has 0 amide bonds. The van der Waals surface area contributed by atoms with E-state index in [1.54, 1.807) is 0 Å². The molecule has 0 saturated carbocycles. The summed E-state index contributed by atoms with van der Waals surface area (Å²) in [7, 11) is 0. The van der Waals surface area contributed by atoms with Crippen LogP contribution in [0.1, 0.15) is 117 Å². The quantitative estimate of drug-likeness (QED) is 0.125. The Labute approximate surface area is 250 Å². The van der Waals surface area contributed by atoms with Crippen LogP contribution in [0.5, 0.6) is 0 Å². The smallest absolute Gasteiger partial charge is 0.174 e. The Balaban J connectivity index is -0.00000289. The lowest BCUT2D eigenvalue weighted by molar-refractivity contribution is -0.698. The van der Waals surface area contributed by atoms with Crippen LogP contribution in [-0.2, 0) is 35.8 Å². The molecular weight excluding hydrogens is 592 g/mol. The summed E-state index contributed by atoms with van der Waals surface area (Å²) in [5, 5.41) is 0. The topological polar surface area (TPSA) is 26.2 Å². The van der Waals surface area contributed by atoms with Crippen molar-refractivity contribution in [2.75, 3.05) is 6.79 Å². The van der Waals surface area contributed by atoms with E-state index in [1.165, 1.54) is 88.2 Å². The molecule has 0 aliphatic heterocycles. The molecular formula is C31H56Br2N2O2. The Morgan fingerprint density at radius 3 is 1.35 bits per heavy atom. The zero-order chi connectivity index (χ0) is 23.4. The van der Waals surface area contributed by atoms with Crippen molar-refractivity contribution in [1.82, 2.24) is 0 Å². The van der Waals surface area contributed by atoms with E-state index < -0.39 is 0 Å². The Kier molecular flexibility index (Phi) is 31.0. The van der Waals surface area contributed by atoms with Crippen LogP contribution >= 0.6 is 0 Å². The molecule has 0 saturated heterocycles. The molecule has 2 heterocycles. The molecule has 0 radical (unpaired) electrons. The maximum Gasteiger partial charge on any atom is 0.174 e. The van der Waals surface area contributed by atoms with Gasteiger partial charge in [0, 0.05) is 36.1 Å². The molecule has 216 valence electrons. The summed E-state index contributed by atoms with van der Waals surface area (Å²) in [6.45, 7) is 8.20. The molecule has 0 aliphatic carbocycles. The van der Waals surface area contributed by atoms with Crippen LogP contribution in [0, 0.1) is 0 Å². The van der Waals surface area contributed by atoms with Gasteiger partial charge in [-0.25, -0.2) is 9.13 Å². The molecule has 2 aromatic rings. The summed E-state index contributed by atoms with van der Waals surface area (Å²) in [5.74, 6) is 0. The van der Waals surface area contributed by atoms with Crippen LogP contribution in [0.4, 0.5) is 0 Å². The van der Waals surface area contributed by atoms with Crippen LogP contribution in [0.2, 0.25) is 0 Å². The van der Waals surface area contributed by atoms with Crippen LogP contribution in [0.25, 0.3) is 0 Å². The third-order valence-corrected chi connectivity index (χ3v) is 6.08. The number of hydrogen-bond acceptors (Lipinski definition) is 2. The first-order valence-corrected chi connectivity index (χ1v) is 13.4. The molecule has 37 heavy (non-hydrogen) atoms. The number of ether oxygens (including phenoxy) is 2. The maximum absolute atomic E-state index is 5.77. The summed E-state index contributed by atoms with van der Waals surface area (Å²) in [6, 6.07) is 8.48. The largest absolute Gasteiger partial charge is 1.00 e. The Bertz CT molecular complexity index is 685. The van der Waals surface area contributed by atoms with Gasteiger partial charge >= 0.3 is 0 Å². The van der Waals surface area contributed by atoms with Crippen LogP contribution < -0.4 is 43.1 Å². The number of nitrogens with zero attached hydrogens (tertiary/aromatic N) is 2. The molecule has 0 spiro atoms. The minimum atomic E-state index is 0. The number of pyridine rings is 2. The second-order valence-corrected chi connectivity index (χ2v) is 9.25. The van der Waals surface area contributed by atoms with E-state index in [-0.39, 0.29) is 48.8 Å². The van der Waals surface area contributed by atoms with E-state index >= 15 is 0 Å². The van der Waals surface area contributed by atoms with Crippen LogP contribution in [0.15, 0.2) is 49.1 Å². The van der Waals surface area contributed by atoms with Crippen molar-refractivity contribution in [3.63, 3.8) is 0 Å². The van der Waals surface area contributed by atoms with Gasteiger partial charge in [-0.3, -0.25) is 0 Å². The number of halogens is 2. The molecule has 0 N–H and O–H groups in total. The van der Waals surface area contributed by atoms with Crippen molar-refractivity contribution in [2.24, 2.45) is 0 Å². The minimum Gasteiger partial charge on any atom is -1.00 e. The van der Waals surface area contributed by atoms with Gasteiger partial charge in [0.25, 0.3) is 0 Å². The Hall–Kier alpha value is -0.820. The number of aromatic nitrogens is 2. The van der Waals surface area contributed by atoms with Gasteiger partial charge < -0.3 is 43.4 Å². The minimum absolute atomic E-state index is 0. The number of aryl methyl sites for hydroxylation is 2. The molecule has 0 bridgehead atoms. The predicted molar refractivity (Wildman–Crippen MR) is 148 cm³/mol. The molecule has 0 fully saturated rings. The van der Waals surface area contributed by atoms with Crippen molar-refractivity contribution >= 4 is 0 Å². The van der Waals surface area contributed by atoms with Crippen molar-refractivity contribution in [2.45, 2.75) is 132 Å². The van der Waals surface area contributed by atoms with Gasteiger partial charge in [0.2, 0.25) is 0 Å². The second-order valence-electron chi connectivity index (χ2n) is 9.25. The van der Waals surface area contributed by atoms with Crippen LogP contribution in [0.3, 0.4) is 0 Å². The van der Waals surface area contributed by atoms with Crippen molar-refractivity contribution in [3.05, 3.63) is 60.2 Å². The highest BCUT2D eigenvalue weighted by Crippen LogP contribution is 2.06. The first-order chi connectivity index (χ1) is 16.3. The first-order valence-electron chi connectivity index (χ1n) is 13.4. The van der Waals surface area contributed by atoms with Gasteiger partial charge in [0.1, 0.15) is 19.9 Å². The van der Waals surface area contributed by atoms with E-state index in [0.717, 1.165) is 13.1 Å². The SMILES string of the molecule is C.C.CCCCCCCC[n+]1cccc(COCOCc2ccc[n+](CCCCCCCC)c2)c1.[Br-].[Br-]. The number of hydrogen-bond donors (Lipinski definition) is 0. The highest BCUT2D eigenvalue weighted by molar-refractivity contribution is 5.04. The molecule has 0 atom stereocenters. The van der Waals surface area contributed by atoms with E-state index in [4.69, 9.17) is 9.47 Å². The molecule has 6 heteroatoms. The standard InChI is InChI=1S/C29H48N2O2.2CH4.2BrH/c1-3-5-7-9-11-13-19-30-21-15-17-28(23-30)25-32-27-33-26-29-18-16-22-31(24-29)20-14-12-10-8-6-4-2;;;;/h15-18,21-24H,3-14,19-20,25-27H2,1-2H3;2*1H4;2*1H/q+2;;;;/p-2. The molecule has 0 aromatic carbocycles. The third-order valence-electron chi connectivity index (χ3n) is 6.08. The lowest BCUT2D eigenvalue weighted by Gasteiger charge is -2.06. The Morgan fingerprint density at radius 2 is 0.946 bits per heavy atom. The zero-order valence-corrected chi connectivity index (χ0v) is 25.3. The summed E-state index contributed by atoms with van der Waals surface area (Å²) in [5.41, 5.74) is 2.40. The fourth-order valence-electron chi connectivity index (χ4n) is 4.13. The molecule has 0 unspecified atom stereocenters. The normalized spacial score (nSPS) is 10.0. The van der Waals surface area contributed by atoms with E-state index in [0.29, 0.717) is 20.0 Å². The maximum atomic E-state index is 5.77. The summed E-state index contributed by atoms with van der Waals surface area (Å²) in [4.78, 5) is 0. The van der Waals surface area contributed by atoms with Crippen LogP contribution in [-0.4, -0.2) is 6.79 Å². The third kappa shape index (κ3) is 20.8. The lowest BCUT2D eigenvalue weighted by Crippen LogP contribution is -3.00. The summed E-state index contributed by atoms with van der Waals surface area (Å²) >= 11 is 0. The first kappa shape index (κ1) is 40.7. The van der Waals surface area contributed by atoms with Gasteiger partial charge in [-0.2, -0.15) is 0 Å². The molecule has 4 nitrogen and oxygen atoms in total. The fraction of sp³-hybridized carbons (Fsp3) is 0.677. The number of rotatable bonds is 20. The Morgan fingerprint density at radius 1 is 0.568 bits per heavy atom. The summed E-state index contributed by atoms with van der Waals surface area (Å²) in [6.07, 6.45) is 24.7. The van der Waals surface area contributed by atoms with Gasteiger partial charge in [-0.05, 0) is 25.0 Å². The van der Waals surface area contributed by atoms with E-state index in [1.807, 2.05) is 0 Å². The predicted octanol–water partition coefficient (Wildman–Crippen LogP) is 1.95. The van der Waals surface area contributed by atoms with Crippen molar-refractivity contribution in [3.8, 4) is 0 Å². The number of unbranched alkanes of at least 4 members (excludes halogenated alkanes) is 10. The fourth-order valence-corrected chi connectivity index (χ4v) is 4.13. The highest BCUT2D eigenvalue weighted by atomic mass is 79.9. The van der Waals surface area contributed by atoms with Gasteiger partial charge in [0.15, 0.2) is 24.8 Å². The van der Waals surface area contributed by atoms with Gasteiger partial charge in [-0.1, -0.05) is 80.1 Å². The second kappa shape index (κ2) is 28.2. The van der Waals surface area contributed by atoms with Crippen molar-refractivity contribution < 1.29 is 52.6 Å². The van der Waals surface area contributed by atoms with Gasteiger partial charge in [-0.15, -0.1) is 0 Å². The molecule has 0 aliphatic rings. The zero-order valence-electron chi connectivity index (χ0n) is 22.1. The monoisotopic (exact) mass is 646 g/mol. The average Bonchev–Trinajstić information content (AvgIpc) is 2.84.